The highest BCUT2D eigenvalue weighted by Gasteiger charge is 2.23. The average Bonchev–Trinajstić information content (AvgIpc) is 3.02. The van der Waals surface area contributed by atoms with Gasteiger partial charge in [-0.25, -0.2) is 4.68 Å². The number of unbranched alkanes of at least 4 members (excludes halogenated alkanes) is 1. The van der Waals surface area contributed by atoms with Crippen molar-refractivity contribution >= 4 is 25.5 Å². The molecule has 4 N–H and O–H groups in total. The van der Waals surface area contributed by atoms with E-state index >= 15 is 0 Å². The maximum atomic E-state index is 5.59. The van der Waals surface area contributed by atoms with Crippen molar-refractivity contribution in [3.8, 4) is 0 Å². The number of nitrogens with one attached hydrogen (secondary N) is 2. The van der Waals surface area contributed by atoms with Crippen LogP contribution in [-0.4, -0.2) is 29.5 Å². The van der Waals surface area contributed by atoms with Crippen LogP contribution in [0.3, 0.4) is 0 Å². The number of fused-ring (bicyclic) bond motifs is 1. The minimum absolute atomic E-state index is 0.155. The Labute approximate surface area is 145 Å². The van der Waals surface area contributed by atoms with Gasteiger partial charge in [-0.2, -0.15) is 5.10 Å². The van der Waals surface area contributed by atoms with Crippen LogP contribution in [0.15, 0.2) is 36.5 Å². The smallest absolute Gasteiger partial charge is 0.139 e. The molecule has 0 saturated heterocycles. The summed E-state index contributed by atoms with van der Waals surface area (Å²) in [5, 5.41) is 13.0. The molecule has 2 aromatic rings. The number of hydrogen-bond donors (Lipinski definition) is 3. The van der Waals surface area contributed by atoms with E-state index in [0.717, 1.165) is 37.6 Å². The first-order valence-electron chi connectivity index (χ1n) is 8.48. The topological polar surface area (TPSA) is 67.9 Å². The van der Waals surface area contributed by atoms with E-state index in [9.17, 15) is 0 Å². The summed E-state index contributed by atoms with van der Waals surface area (Å²) in [6.07, 6.45) is 6.30. The fourth-order valence-electron chi connectivity index (χ4n) is 2.99. The molecule has 0 saturated carbocycles. The summed E-state index contributed by atoms with van der Waals surface area (Å²) in [6, 6.07) is 8.69. The number of hydrogen-bond acceptors (Lipinski definition) is 4. The van der Waals surface area contributed by atoms with Gasteiger partial charge < -0.3 is 16.4 Å². The third kappa shape index (κ3) is 3.47. The molecule has 1 aromatic heterocycles. The summed E-state index contributed by atoms with van der Waals surface area (Å²) >= 11 is 0. The number of aryl methyl sites for hydroxylation is 1. The first kappa shape index (κ1) is 17.0. The normalized spacial score (nSPS) is 16.8. The van der Waals surface area contributed by atoms with E-state index in [1.165, 1.54) is 16.4 Å². The van der Waals surface area contributed by atoms with Crippen molar-refractivity contribution in [2.45, 2.75) is 25.8 Å². The molecule has 0 spiro atoms. The second-order valence-corrected chi connectivity index (χ2v) is 7.06. The first-order valence-corrected chi connectivity index (χ1v) is 9.98. The standard InChI is InChI=1S/C18H26N5P/c1-13-7-3-4-8-14(13)15-11-17(20-10-6-5-9-19)23-18(22-15)16(24-2)12-21-23/h3-4,7-8,11-12,15,20,22,24H,5-6,9-10,19H2,1-2H3. The molecule has 6 heteroatoms. The molecule has 1 aliphatic rings. The number of benzene rings is 1. The van der Waals surface area contributed by atoms with Crippen LogP contribution in [-0.2, 0) is 0 Å². The number of anilines is 1. The Morgan fingerprint density at radius 1 is 1.33 bits per heavy atom. The van der Waals surface area contributed by atoms with Gasteiger partial charge in [0.15, 0.2) is 0 Å². The zero-order valence-corrected chi connectivity index (χ0v) is 15.3. The molecule has 3 rings (SSSR count). The Morgan fingerprint density at radius 2 is 2.17 bits per heavy atom. The van der Waals surface area contributed by atoms with E-state index in [-0.39, 0.29) is 6.04 Å². The SMILES string of the molecule is CPc1cnn2c1NC(c1ccccc1C)C=C2NCCCCN. The van der Waals surface area contributed by atoms with E-state index in [1.807, 2.05) is 10.9 Å². The Balaban J connectivity index is 1.90. The summed E-state index contributed by atoms with van der Waals surface area (Å²) in [5.41, 5.74) is 8.19. The Hall–Kier alpha value is -1.84. The minimum atomic E-state index is 0.155. The van der Waals surface area contributed by atoms with Gasteiger partial charge in [0.2, 0.25) is 0 Å². The lowest BCUT2D eigenvalue weighted by Gasteiger charge is -2.27. The van der Waals surface area contributed by atoms with Gasteiger partial charge in [0.05, 0.1) is 12.2 Å². The molecule has 0 amide bonds. The van der Waals surface area contributed by atoms with Crippen molar-refractivity contribution in [2.24, 2.45) is 5.73 Å². The first-order chi connectivity index (χ1) is 11.7. The second-order valence-electron chi connectivity index (χ2n) is 6.02. The van der Waals surface area contributed by atoms with Crippen LogP contribution in [0.4, 0.5) is 5.82 Å². The van der Waals surface area contributed by atoms with Crippen LogP contribution in [0, 0.1) is 6.92 Å². The van der Waals surface area contributed by atoms with Gasteiger partial charge in [0.25, 0.3) is 0 Å². The van der Waals surface area contributed by atoms with E-state index in [0.29, 0.717) is 8.58 Å². The largest absolute Gasteiger partial charge is 0.370 e. The lowest BCUT2D eigenvalue weighted by Crippen LogP contribution is -2.28. The van der Waals surface area contributed by atoms with Gasteiger partial charge in [0, 0.05) is 11.8 Å². The van der Waals surface area contributed by atoms with Crippen molar-refractivity contribution < 1.29 is 0 Å². The van der Waals surface area contributed by atoms with E-state index < -0.39 is 0 Å². The zero-order chi connectivity index (χ0) is 16.9. The Morgan fingerprint density at radius 3 is 2.92 bits per heavy atom. The molecule has 1 aliphatic heterocycles. The van der Waals surface area contributed by atoms with Crippen molar-refractivity contribution in [3.05, 3.63) is 47.7 Å². The number of nitrogens with zero attached hydrogens (tertiary/aromatic N) is 2. The molecule has 2 atom stereocenters. The summed E-state index contributed by atoms with van der Waals surface area (Å²) < 4.78 is 1.99. The minimum Gasteiger partial charge on any atom is -0.370 e. The molecule has 0 aliphatic carbocycles. The molecule has 2 heterocycles. The lowest BCUT2D eigenvalue weighted by atomic mass is 10.00. The second kappa shape index (κ2) is 7.82. The van der Waals surface area contributed by atoms with Crippen molar-refractivity contribution in [1.82, 2.24) is 15.1 Å². The van der Waals surface area contributed by atoms with E-state index in [2.05, 4.69) is 59.7 Å². The molecule has 128 valence electrons. The van der Waals surface area contributed by atoms with Gasteiger partial charge in [-0.3, -0.25) is 0 Å². The fraction of sp³-hybridized carbons (Fsp3) is 0.389. The molecule has 1 aromatic carbocycles. The van der Waals surface area contributed by atoms with Gasteiger partial charge in [-0.1, -0.05) is 32.8 Å². The van der Waals surface area contributed by atoms with E-state index in [4.69, 9.17) is 5.73 Å². The number of aromatic nitrogens is 2. The lowest BCUT2D eigenvalue weighted by molar-refractivity contribution is 0.675. The maximum absolute atomic E-state index is 5.59. The van der Waals surface area contributed by atoms with Gasteiger partial charge >= 0.3 is 0 Å². The van der Waals surface area contributed by atoms with Crippen LogP contribution in [0.2, 0.25) is 0 Å². The molecule has 0 fully saturated rings. The molecule has 0 bridgehead atoms. The molecule has 5 nitrogen and oxygen atoms in total. The third-order valence-electron chi connectivity index (χ3n) is 4.34. The highest BCUT2D eigenvalue weighted by Crippen LogP contribution is 2.31. The fourth-order valence-corrected chi connectivity index (χ4v) is 3.59. The molecule has 0 radical (unpaired) electrons. The molecule has 2 unspecified atom stereocenters. The van der Waals surface area contributed by atoms with Crippen LogP contribution >= 0.6 is 8.58 Å². The highest BCUT2D eigenvalue weighted by atomic mass is 31.1. The maximum Gasteiger partial charge on any atom is 0.139 e. The summed E-state index contributed by atoms with van der Waals surface area (Å²) in [4.78, 5) is 0. The van der Waals surface area contributed by atoms with Crippen molar-refractivity contribution in [2.75, 3.05) is 25.1 Å². The monoisotopic (exact) mass is 343 g/mol. The Kier molecular flexibility index (Phi) is 5.54. The molecular formula is C18H26N5P. The van der Waals surface area contributed by atoms with Crippen LogP contribution in [0.1, 0.15) is 30.0 Å². The van der Waals surface area contributed by atoms with Crippen molar-refractivity contribution in [1.29, 1.82) is 0 Å². The van der Waals surface area contributed by atoms with Crippen LogP contribution in [0.5, 0.6) is 0 Å². The van der Waals surface area contributed by atoms with Gasteiger partial charge in [0.1, 0.15) is 11.6 Å². The summed E-state index contributed by atoms with van der Waals surface area (Å²) in [7, 11) is 0.713. The van der Waals surface area contributed by atoms with Crippen molar-refractivity contribution in [3.63, 3.8) is 0 Å². The van der Waals surface area contributed by atoms with E-state index in [1.54, 1.807) is 0 Å². The Bertz CT molecular complexity index is 722. The predicted molar refractivity (Wildman–Crippen MR) is 104 cm³/mol. The average molecular weight is 343 g/mol. The molecular weight excluding hydrogens is 317 g/mol. The quantitative estimate of drug-likeness (QED) is 0.533. The summed E-state index contributed by atoms with van der Waals surface area (Å²) in [5.74, 6) is 2.16. The zero-order valence-electron chi connectivity index (χ0n) is 14.3. The number of rotatable bonds is 7. The van der Waals surface area contributed by atoms with Gasteiger partial charge in [-0.05, 0) is 50.2 Å². The van der Waals surface area contributed by atoms with Crippen LogP contribution < -0.4 is 21.7 Å². The third-order valence-corrected chi connectivity index (χ3v) is 5.25. The predicted octanol–water partition coefficient (Wildman–Crippen LogP) is 2.42. The highest BCUT2D eigenvalue weighted by molar-refractivity contribution is 7.46. The number of nitrogens with two attached hydrogens (primary N) is 1. The van der Waals surface area contributed by atoms with Gasteiger partial charge in [-0.15, -0.1) is 0 Å². The van der Waals surface area contributed by atoms with Crippen LogP contribution in [0.25, 0.3) is 5.82 Å². The summed E-state index contributed by atoms with van der Waals surface area (Å²) in [6.45, 7) is 6.00. The molecule has 24 heavy (non-hydrogen) atoms.